The molecule has 0 unspecified atom stereocenters. The van der Waals surface area contributed by atoms with Crippen molar-refractivity contribution in [1.29, 1.82) is 0 Å². The van der Waals surface area contributed by atoms with Crippen molar-refractivity contribution in [3.63, 3.8) is 0 Å². The van der Waals surface area contributed by atoms with E-state index >= 15 is 0 Å². The summed E-state index contributed by atoms with van der Waals surface area (Å²) in [5.74, 6) is 0.659. The van der Waals surface area contributed by atoms with E-state index in [9.17, 15) is 4.79 Å². The second-order valence-electron chi connectivity index (χ2n) is 6.08. The lowest BCUT2D eigenvalue weighted by molar-refractivity contribution is -0.115. The summed E-state index contributed by atoms with van der Waals surface area (Å²) in [6, 6.07) is 7.72. The third-order valence-electron chi connectivity index (χ3n) is 4.43. The lowest BCUT2D eigenvalue weighted by Gasteiger charge is -2.14. The SMILES string of the molecule is CCC(=O)Nc1ccc(-c2cn3c4c(nnc3n2)CCCC4)cc1. The Bertz CT molecular complexity index is 898. The number of carbonyl (C=O) groups is 1. The Balaban J connectivity index is 1.68. The van der Waals surface area contributed by atoms with Crippen molar-refractivity contribution in [3.8, 4) is 11.3 Å². The molecule has 2 aromatic heterocycles. The minimum atomic E-state index is 0.0115. The normalized spacial score (nSPS) is 13.7. The summed E-state index contributed by atoms with van der Waals surface area (Å²) >= 11 is 0. The second kappa shape index (κ2) is 6.03. The summed E-state index contributed by atoms with van der Waals surface area (Å²) in [6.07, 6.45) is 6.90. The van der Waals surface area contributed by atoms with Crippen LogP contribution in [0.15, 0.2) is 30.5 Å². The molecule has 122 valence electrons. The number of aromatic nitrogens is 4. The van der Waals surface area contributed by atoms with Gasteiger partial charge < -0.3 is 5.32 Å². The average Bonchev–Trinajstić information content (AvgIpc) is 3.07. The number of rotatable bonds is 3. The van der Waals surface area contributed by atoms with Crippen LogP contribution in [0, 0.1) is 0 Å². The molecule has 6 heteroatoms. The van der Waals surface area contributed by atoms with Gasteiger partial charge in [0.2, 0.25) is 5.91 Å². The van der Waals surface area contributed by atoms with E-state index in [1.807, 2.05) is 37.4 Å². The van der Waals surface area contributed by atoms with Crippen molar-refractivity contribution in [2.75, 3.05) is 5.32 Å². The number of nitrogens with one attached hydrogen (secondary N) is 1. The number of carbonyl (C=O) groups excluding carboxylic acids is 1. The van der Waals surface area contributed by atoms with Gasteiger partial charge in [-0.25, -0.2) is 4.98 Å². The van der Waals surface area contributed by atoms with E-state index in [0.717, 1.165) is 35.5 Å². The number of nitrogens with zero attached hydrogens (tertiary/aromatic N) is 4. The largest absolute Gasteiger partial charge is 0.326 e. The molecule has 0 bridgehead atoms. The van der Waals surface area contributed by atoms with Crippen LogP contribution in [-0.2, 0) is 17.6 Å². The zero-order valence-electron chi connectivity index (χ0n) is 13.6. The Kier molecular flexibility index (Phi) is 3.72. The topological polar surface area (TPSA) is 72.2 Å². The van der Waals surface area contributed by atoms with Crippen LogP contribution in [0.2, 0.25) is 0 Å². The predicted molar refractivity (Wildman–Crippen MR) is 91.8 cm³/mol. The molecule has 0 spiro atoms. The van der Waals surface area contributed by atoms with E-state index in [0.29, 0.717) is 12.2 Å². The molecule has 4 rings (SSSR count). The zero-order valence-corrected chi connectivity index (χ0v) is 13.6. The summed E-state index contributed by atoms with van der Waals surface area (Å²) < 4.78 is 2.07. The summed E-state index contributed by atoms with van der Waals surface area (Å²) in [7, 11) is 0. The van der Waals surface area contributed by atoms with Gasteiger partial charge in [-0.2, -0.15) is 5.10 Å². The third kappa shape index (κ3) is 2.64. The third-order valence-corrected chi connectivity index (χ3v) is 4.43. The molecular weight excluding hydrogens is 302 g/mol. The van der Waals surface area contributed by atoms with Crippen molar-refractivity contribution in [3.05, 3.63) is 41.9 Å². The number of anilines is 1. The standard InChI is InChI=1S/C18H19N5O/c1-2-17(24)19-13-9-7-12(8-10-13)15-11-23-16-6-4-3-5-14(16)21-22-18(23)20-15/h7-11H,2-6H2,1H3,(H,19,24). The first-order chi connectivity index (χ1) is 11.7. The lowest BCUT2D eigenvalue weighted by Crippen LogP contribution is -2.12. The molecule has 0 aliphatic heterocycles. The smallest absolute Gasteiger partial charge is 0.254 e. The van der Waals surface area contributed by atoms with Gasteiger partial charge in [0.05, 0.1) is 11.4 Å². The molecule has 1 amide bonds. The van der Waals surface area contributed by atoms with Gasteiger partial charge in [0, 0.05) is 29.6 Å². The summed E-state index contributed by atoms with van der Waals surface area (Å²) in [6.45, 7) is 1.84. The highest BCUT2D eigenvalue weighted by Gasteiger charge is 2.16. The number of amides is 1. The van der Waals surface area contributed by atoms with Gasteiger partial charge in [0.15, 0.2) is 0 Å². The van der Waals surface area contributed by atoms with Crippen LogP contribution in [0.4, 0.5) is 5.69 Å². The van der Waals surface area contributed by atoms with Gasteiger partial charge >= 0.3 is 0 Å². The maximum Gasteiger partial charge on any atom is 0.254 e. The molecule has 1 aliphatic carbocycles. The van der Waals surface area contributed by atoms with Gasteiger partial charge in [0.1, 0.15) is 0 Å². The summed E-state index contributed by atoms with van der Waals surface area (Å²) in [5, 5.41) is 11.4. The highest BCUT2D eigenvalue weighted by Crippen LogP contribution is 2.24. The van der Waals surface area contributed by atoms with Crippen molar-refractivity contribution >= 4 is 17.4 Å². The lowest BCUT2D eigenvalue weighted by atomic mass is 10.0. The quantitative estimate of drug-likeness (QED) is 0.805. The Hall–Kier alpha value is -2.76. The van der Waals surface area contributed by atoms with Crippen molar-refractivity contribution in [1.82, 2.24) is 19.6 Å². The van der Waals surface area contributed by atoms with Gasteiger partial charge in [0.25, 0.3) is 5.78 Å². The fourth-order valence-corrected chi connectivity index (χ4v) is 3.10. The van der Waals surface area contributed by atoms with Crippen LogP contribution >= 0.6 is 0 Å². The molecule has 1 N–H and O–H groups in total. The highest BCUT2D eigenvalue weighted by atomic mass is 16.1. The summed E-state index contributed by atoms with van der Waals surface area (Å²) in [4.78, 5) is 16.0. The van der Waals surface area contributed by atoms with E-state index < -0.39 is 0 Å². The Labute approximate surface area is 139 Å². The molecule has 0 atom stereocenters. The Morgan fingerprint density at radius 3 is 2.75 bits per heavy atom. The fourth-order valence-electron chi connectivity index (χ4n) is 3.10. The van der Waals surface area contributed by atoms with E-state index in [-0.39, 0.29) is 5.91 Å². The first-order valence-corrected chi connectivity index (χ1v) is 8.38. The van der Waals surface area contributed by atoms with Crippen LogP contribution in [0.25, 0.3) is 17.0 Å². The minimum Gasteiger partial charge on any atom is -0.326 e. The van der Waals surface area contributed by atoms with E-state index in [4.69, 9.17) is 0 Å². The molecule has 1 aromatic carbocycles. The Morgan fingerprint density at radius 1 is 1.17 bits per heavy atom. The van der Waals surface area contributed by atoms with E-state index in [2.05, 4.69) is 24.9 Å². The second-order valence-corrected chi connectivity index (χ2v) is 6.08. The minimum absolute atomic E-state index is 0.0115. The van der Waals surface area contributed by atoms with Crippen LogP contribution in [0.5, 0.6) is 0 Å². The first-order valence-electron chi connectivity index (χ1n) is 8.38. The van der Waals surface area contributed by atoms with Crippen LogP contribution in [0.1, 0.15) is 37.6 Å². The van der Waals surface area contributed by atoms with Crippen molar-refractivity contribution < 1.29 is 4.79 Å². The predicted octanol–water partition coefficient (Wildman–Crippen LogP) is 3.02. The van der Waals surface area contributed by atoms with E-state index in [1.54, 1.807) is 0 Å². The molecule has 0 fully saturated rings. The molecule has 24 heavy (non-hydrogen) atoms. The zero-order chi connectivity index (χ0) is 16.5. The van der Waals surface area contributed by atoms with Gasteiger partial charge in [-0.1, -0.05) is 19.1 Å². The number of fused-ring (bicyclic) bond motifs is 3. The van der Waals surface area contributed by atoms with Crippen LogP contribution < -0.4 is 5.32 Å². The molecule has 0 radical (unpaired) electrons. The molecular formula is C18H19N5O. The number of imidazole rings is 1. The summed E-state index contributed by atoms with van der Waals surface area (Å²) in [5.41, 5.74) is 5.00. The molecule has 0 saturated carbocycles. The first kappa shape index (κ1) is 14.8. The van der Waals surface area contributed by atoms with E-state index in [1.165, 1.54) is 18.5 Å². The van der Waals surface area contributed by atoms with Crippen molar-refractivity contribution in [2.24, 2.45) is 0 Å². The average molecular weight is 321 g/mol. The Morgan fingerprint density at radius 2 is 1.96 bits per heavy atom. The van der Waals surface area contributed by atoms with Gasteiger partial charge in [-0.05, 0) is 37.8 Å². The van der Waals surface area contributed by atoms with Crippen molar-refractivity contribution in [2.45, 2.75) is 39.0 Å². The van der Waals surface area contributed by atoms with Gasteiger partial charge in [-0.3, -0.25) is 9.20 Å². The van der Waals surface area contributed by atoms with Crippen LogP contribution in [-0.4, -0.2) is 25.5 Å². The maximum absolute atomic E-state index is 11.4. The monoisotopic (exact) mass is 321 g/mol. The highest BCUT2D eigenvalue weighted by molar-refractivity contribution is 5.90. The van der Waals surface area contributed by atoms with Crippen LogP contribution in [0.3, 0.4) is 0 Å². The molecule has 2 heterocycles. The number of hydrogen-bond acceptors (Lipinski definition) is 4. The van der Waals surface area contributed by atoms with Gasteiger partial charge in [-0.15, -0.1) is 5.10 Å². The fraction of sp³-hybridized carbons (Fsp3) is 0.333. The number of benzene rings is 1. The molecule has 1 aliphatic rings. The molecule has 3 aromatic rings. The molecule has 6 nitrogen and oxygen atoms in total. The number of hydrogen-bond donors (Lipinski definition) is 1. The number of aryl methyl sites for hydroxylation is 2. The maximum atomic E-state index is 11.4. The molecule has 0 saturated heterocycles.